The number of hydrogen-bond acceptors (Lipinski definition) is 2. The molecule has 1 fully saturated rings. The minimum absolute atomic E-state index is 0.0801. The number of azide groups is 1. The Bertz CT molecular complexity index is 203. The molecular formula is C7H12F2N4. The first-order chi connectivity index (χ1) is 6.14. The molecule has 74 valence electrons. The quantitative estimate of drug-likeness (QED) is 0.381. The highest BCUT2D eigenvalue weighted by atomic mass is 19.3. The summed E-state index contributed by atoms with van der Waals surface area (Å²) in [5.74, 6) is -2.49. The predicted molar refractivity (Wildman–Crippen MR) is 44.6 cm³/mol. The summed E-state index contributed by atoms with van der Waals surface area (Å²) in [4.78, 5) is 4.49. The highest BCUT2D eigenvalue weighted by Gasteiger charge is 2.33. The summed E-state index contributed by atoms with van der Waals surface area (Å²) in [5, 5.41) is 3.35. The minimum Gasteiger partial charge on any atom is -0.303 e. The molecule has 0 unspecified atom stereocenters. The van der Waals surface area contributed by atoms with Gasteiger partial charge >= 0.3 is 0 Å². The van der Waals surface area contributed by atoms with Crippen LogP contribution in [-0.4, -0.2) is 37.0 Å². The van der Waals surface area contributed by atoms with Crippen LogP contribution in [0.2, 0.25) is 0 Å². The molecule has 4 nitrogen and oxygen atoms in total. The second kappa shape index (κ2) is 4.39. The van der Waals surface area contributed by atoms with Crippen LogP contribution in [0, 0.1) is 0 Å². The Balaban J connectivity index is 2.21. The molecule has 0 amide bonds. The Labute approximate surface area is 75.1 Å². The van der Waals surface area contributed by atoms with Gasteiger partial charge < -0.3 is 4.90 Å². The van der Waals surface area contributed by atoms with Gasteiger partial charge in [0, 0.05) is 43.9 Å². The molecule has 0 spiro atoms. The van der Waals surface area contributed by atoms with Gasteiger partial charge in [0.2, 0.25) is 0 Å². The largest absolute Gasteiger partial charge is 0.303 e. The predicted octanol–water partition coefficient (Wildman–Crippen LogP) is 2.03. The number of rotatable bonds is 3. The smallest absolute Gasteiger partial charge is 0.250 e. The summed E-state index contributed by atoms with van der Waals surface area (Å²) >= 11 is 0. The molecule has 0 saturated carbocycles. The zero-order chi connectivity index (χ0) is 9.73. The molecule has 0 radical (unpaired) electrons. The van der Waals surface area contributed by atoms with Crippen LogP contribution in [0.15, 0.2) is 5.11 Å². The second-order valence-corrected chi connectivity index (χ2v) is 3.15. The van der Waals surface area contributed by atoms with Crippen LogP contribution in [0.4, 0.5) is 8.78 Å². The number of nitrogens with zero attached hydrogens (tertiary/aromatic N) is 4. The van der Waals surface area contributed by atoms with E-state index in [9.17, 15) is 8.78 Å². The summed E-state index contributed by atoms with van der Waals surface area (Å²) in [6.45, 7) is 1.74. The van der Waals surface area contributed by atoms with E-state index < -0.39 is 5.92 Å². The maximum Gasteiger partial charge on any atom is 0.250 e. The fraction of sp³-hybridized carbons (Fsp3) is 1.00. The zero-order valence-electron chi connectivity index (χ0n) is 7.29. The van der Waals surface area contributed by atoms with E-state index in [1.165, 1.54) is 0 Å². The van der Waals surface area contributed by atoms with Crippen LogP contribution in [0.3, 0.4) is 0 Å². The number of hydrogen-bond donors (Lipinski definition) is 0. The molecule has 0 aromatic carbocycles. The van der Waals surface area contributed by atoms with Crippen molar-refractivity contribution < 1.29 is 8.78 Å². The highest BCUT2D eigenvalue weighted by molar-refractivity contribution is 4.77. The topological polar surface area (TPSA) is 52.0 Å². The van der Waals surface area contributed by atoms with E-state index in [0.717, 1.165) is 0 Å². The molecule has 6 heteroatoms. The summed E-state index contributed by atoms with van der Waals surface area (Å²) in [6, 6.07) is 0. The van der Waals surface area contributed by atoms with Crippen molar-refractivity contribution in [1.29, 1.82) is 0 Å². The molecule has 1 rings (SSSR count). The van der Waals surface area contributed by atoms with Crippen molar-refractivity contribution in [1.82, 2.24) is 4.90 Å². The van der Waals surface area contributed by atoms with Gasteiger partial charge in [0.05, 0.1) is 0 Å². The molecule has 1 heterocycles. The Morgan fingerprint density at radius 1 is 1.38 bits per heavy atom. The van der Waals surface area contributed by atoms with Gasteiger partial charge in [-0.05, 0) is 5.53 Å². The Morgan fingerprint density at radius 2 is 2.00 bits per heavy atom. The lowest BCUT2D eigenvalue weighted by Gasteiger charge is -2.31. The molecule has 1 saturated heterocycles. The zero-order valence-corrected chi connectivity index (χ0v) is 7.29. The molecule has 0 aliphatic carbocycles. The van der Waals surface area contributed by atoms with Crippen LogP contribution in [-0.2, 0) is 0 Å². The molecule has 0 aromatic heterocycles. The molecule has 1 aliphatic heterocycles. The molecular weight excluding hydrogens is 178 g/mol. The van der Waals surface area contributed by atoms with Crippen molar-refractivity contribution in [2.24, 2.45) is 5.11 Å². The standard InChI is InChI=1S/C7H12F2N4/c8-7(9)1-4-13(5-2-7)6-3-11-12-10/h1-6H2. The number of halogens is 2. The first kappa shape index (κ1) is 10.2. The number of alkyl halides is 2. The van der Waals surface area contributed by atoms with Gasteiger partial charge in [0.15, 0.2) is 0 Å². The van der Waals surface area contributed by atoms with Crippen molar-refractivity contribution in [2.45, 2.75) is 18.8 Å². The van der Waals surface area contributed by atoms with Crippen LogP contribution in [0.25, 0.3) is 10.4 Å². The van der Waals surface area contributed by atoms with Gasteiger partial charge in [-0.1, -0.05) is 5.11 Å². The van der Waals surface area contributed by atoms with Crippen LogP contribution < -0.4 is 0 Å². The monoisotopic (exact) mass is 190 g/mol. The van der Waals surface area contributed by atoms with Gasteiger partial charge in [-0.25, -0.2) is 8.78 Å². The van der Waals surface area contributed by atoms with E-state index in [4.69, 9.17) is 5.53 Å². The molecule has 13 heavy (non-hydrogen) atoms. The summed E-state index contributed by atoms with van der Waals surface area (Å²) in [6.07, 6.45) is -0.160. The summed E-state index contributed by atoms with van der Waals surface area (Å²) in [5.41, 5.74) is 8.00. The van der Waals surface area contributed by atoms with Gasteiger partial charge in [0.1, 0.15) is 0 Å². The first-order valence-electron chi connectivity index (χ1n) is 4.25. The molecule has 0 aromatic rings. The lowest BCUT2D eigenvalue weighted by atomic mass is 10.1. The SMILES string of the molecule is [N-]=[N+]=NCCN1CCC(F)(F)CC1. The lowest BCUT2D eigenvalue weighted by molar-refractivity contribution is -0.0544. The van der Waals surface area contributed by atoms with E-state index in [1.54, 1.807) is 0 Å². The third-order valence-corrected chi connectivity index (χ3v) is 2.17. The molecule has 0 bridgehead atoms. The molecule has 0 N–H and O–H groups in total. The normalized spacial score (nSPS) is 22.3. The van der Waals surface area contributed by atoms with E-state index in [-0.39, 0.29) is 12.8 Å². The Morgan fingerprint density at radius 3 is 2.54 bits per heavy atom. The van der Waals surface area contributed by atoms with Crippen molar-refractivity contribution in [3.8, 4) is 0 Å². The van der Waals surface area contributed by atoms with Crippen molar-refractivity contribution in [3.05, 3.63) is 10.4 Å². The van der Waals surface area contributed by atoms with E-state index in [2.05, 4.69) is 10.0 Å². The average molecular weight is 190 g/mol. The first-order valence-corrected chi connectivity index (χ1v) is 4.25. The van der Waals surface area contributed by atoms with Gasteiger partial charge in [-0.2, -0.15) is 0 Å². The van der Waals surface area contributed by atoms with E-state index >= 15 is 0 Å². The lowest BCUT2D eigenvalue weighted by Crippen LogP contribution is -2.40. The van der Waals surface area contributed by atoms with Crippen molar-refractivity contribution in [3.63, 3.8) is 0 Å². The van der Waals surface area contributed by atoms with Crippen LogP contribution >= 0.6 is 0 Å². The second-order valence-electron chi connectivity index (χ2n) is 3.15. The number of likely N-dealkylation sites (tertiary alicyclic amines) is 1. The molecule has 1 aliphatic rings. The fourth-order valence-corrected chi connectivity index (χ4v) is 1.33. The average Bonchev–Trinajstić information content (AvgIpc) is 2.08. The number of piperidine rings is 1. The summed E-state index contributed by atoms with van der Waals surface area (Å²) in [7, 11) is 0. The third-order valence-electron chi connectivity index (χ3n) is 2.17. The Hall–Kier alpha value is -0.870. The molecule has 0 atom stereocenters. The highest BCUT2D eigenvalue weighted by Crippen LogP contribution is 2.27. The van der Waals surface area contributed by atoms with Crippen LogP contribution in [0.1, 0.15) is 12.8 Å². The van der Waals surface area contributed by atoms with Gasteiger partial charge in [-0.15, -0.1) is 0 Å². The van der Waals surface area contributed by atoms with Crippen molar-refractivity contribution >= 4 is 0 Å². The maximum atomic E-state index is 12.7. The van der Waals surface area contributed by atoms with Gasteiger partial charge in [-0.3, -0.25) is 0 Å². The third kappa shape index (κ3) is 3.57. The van der Waals surface area contributed by atoms with Gasteiger partial charge in [0.25, 0.3) is 5.92 Å². The minimum atomic E-state index is -2.49. The fourth-order valence-electron chi connectivity index (χ4n) is 1.33. The summed E-state index contributed by atoms with van der Waals surface area (Å²) < 4.78 is 25.3. The van der Waals surface area contributed by atoms with E-state index in [1.807, 2.05) is 4.90 Å². The Kier molecular flexibility index (Phi) is 3.45. The van der Waals surface area contributed by atoms with E-state index in [0.29, 0.717) is 26.2 Å². The van der Waals surface area contributed by atoms with Crippen LogP contribution in [0.5, 0.6) is 0 Å². The maximum absolute atomic E-state index is 12.7. The van der Waals surface area contributed by atoms with Crippen molar-refractivity contribution in [2.75, 3.05) is 26.2 Å².